The number of carbonyl (C=O) groups excluding carboxylic acids is 9. The van der Waals surface area contributed by atoms with Gasteiger partial charge in [-0.2, -0.15) is 0 Å². The summed E-state index contributed by atoms with van der Waals surface area (Å²) in [6.07, 6.45) is 2.94. The molecule has 0 spiro atoms. The van der Waals surface area contributed by atoms with Gasteiger partial charge in [-0.3, -0.25) is 48.1 Å². The normalized spacial score (nSPS) is 14.6. The van der Waals surface area contributed by atoms with Crippen molar-refractivity contribution in [2.24, 2.45) is 80.8 Å². The summed E-state index contributed by atoms with van der Waals surface area (Å²) in [7, 11) is 0. The molecule has 0 aliphatic heterocycles. The molecule has 74 heavy (non-hydrogen) atoms. The van der Waals surface area contributed by atoms with E-state index in [1.165, 1.54) is 12.1 Å². The zero-order chi connectivity index (χ0) is 55.9. The molecule has 5 amide bonds. The van der Waals surface area contributed by atoms with E-state index in [0.717, 1.165) is 0 Å². The summed E-state index contributed by atoms with van der Waals surface area (Å²) in [6, 6.07) is 2.95. The van der Waals surface area contributed by atoms with Crippen molar-refractivity contribution in [1.29, 1.82) is 0 Å². The smallest absolute Gasteiger partial charge is 0.224 e. The van der Waals surface area contributed by atoms with E-state index in [4.69, 9.17) is 34.4 Å². The summed E-state index contributed by atoms with van der Waals surface area (Å²) in [5.41, 5.74) is 33.9. The van der Waals surface area contributed by atoms with Crippen molar-refractivity contribution in [2.45, 2.75) is 168 Å². The first kappa shape index (κ1) is 66.2. The average molecular weight is 1040 g/mol. The molecule has 21 nitrogen and oxygen atoms in total. The van der Waals surface area contributed by atoms with Crippen LogP contribution < -0.4 is 50.4 Å². The van der Waals surface area contributed by atoms with Gasteiger partial charge in [-0.05, 0) is 120 Å². The second-order valence-electron chi connectivity index (χ2n) is 20.6. The molecule has 1 aromatic rings. The van der Waals surface area contributed by atoms with Crippen LogP contribution in [-0.2, 0) is 49.6 Å². The third-order valence-electron chi connectivity index (χ3n) is 13.0. The number of hydrogen-bond donors (Lipinski definition) is 11. The number of amides is 5. The molecule has 0 aromatic heterocycles. The predicted molar refractivity (Wildman–Crippen MR) is 283 cm³/mol. The highest BCUT2D eigenvalue weighted by Crippen LogP contribution is 2.24. The summed E-state index contributed by atoms with van der Waals surface area (Å²) in [4.78, 5) is 126. The number of nitrogens with zero attached hydrogens (tertiary/aromatic N) is 1. The molecule has 0 aliphatic rings. The number of phenols is 1. The number of aliphatic imine (C=N–C) groups is 1. The largest absolute Gasteiger partial charge is 0.508 e. The van der Waals surface area contributed by atoms with Crippen molar-refractivity contribution in [1.82, 2.24) is 16.0 Å². The molecule has 0 radical (unpaired) electrons. The first-order valence-electron chi connectivity index (χ1n) is 26.4. The van der Waals surface area contributed by atoms with E-state index in [2.05, 4.69) is 20.9 Å². The van der Waals surface area contributed by atoms with Gasteiger partial charge in [0.15, 0.2) is 23.3 Å². The van der Waals surface area contributed by atoms with Crippen molar-refractivity contribution in [3.05, 3.63) is 29.8 Å². The predicted octanol–water partition coefficient (Wildman–Crippen LogP) is 1.86. The number of rotatable bonds is 42. The lowest BCUT2D eigenvalue weighted by molar-refractivity contribution is -0.136. The Morgan fingerprint density at radius 3 is 1.50 bits per heavy atom. The monoisotopic (exact) mass is 1040 g/mol. The molecule has 418 valence electrons. The Balaban J connectivity index is 3.59. The average Bonchev–Trinajstić information content (AvgIpc) is 3.32. The molecule has 0 saturated heterocycles. The highest BCUT2D eigenvalue weighted by molar-refractivity contribution is 5.97. The second-order valence-corrected chi connectivity index (χ2v) is 20.6. The quantitative estimate of drug-likeness (QED) is 0.0253. The third-order valence-corrected chi connectivity index (χ3v) is 13.0. The van der Waals surface area contributed by atoms with E-state index >= 15 is 0 Å². The zero-order valence-corrected chi connectivity index (χ0v) is 44.6. The molecule has 1 rings (SSSR count). The fraction of sp³-hybridized carbons (Fsp3) is 0.698. The van der Waals surface area contributed by atoms with Crippen LogP contribution in [-0.4, -0.2) is 113 Å². The van der Waals surface area contributed by atoms with Gasteiger partial charge in [-0.1, -0.05) is 53.2 Å². The van der Waals surface area contributed by atoms with Crippen LogP contribution in [0.15, 0.2) is 29.3 Å². The second kappa shape index (κ2) is 36.2. The van der Waals surface area contributed by atoms with Crippen molar-refractivity contribution in [3.8, 4) is 5.75 Å². The van der Waals surface area contributed by atoms with Gasteiger partial charge >= 0.3 is 0 Å². The van der Waals surface area contributed by atoms with Crippen LogP contribution in [0.3, 0.4) is 0 Å². The van der Waals surface area contributed by atoms with Crippen LogP contribution in [0, 0.1) is 41.4 Å². The number of nitrogens with one attached hydrogen (secondary N) is 3. The molecule has 0 heterocycles. The van der Waals surface area contributed by atoms with Crippen molar-refractivity contribution < 1.29 is 53.4 Å². The number of hydrogen-bond acceptors (Lipinski definition) is 14. The molecular formula is C53H90N10O11. The number of primary amides is 2. The molecule has 1 aromatic carbocycles. The zero-order valence-electron chi connectivity index (χ0n) is 44.6. The van der Waals surface area contributed by atoms with Crippen LogP contribution in [0.25, 0.3) is 0 Å². The minimum absolute atomic E-state index is 0.00635. The highest BCUT2D eigenvalue weighted by Gasteiger charge is 2.35. The number of phenolic OH excluding ortho intramolecular Hbond substituents is 1. The van der Waals surface area contributed by atoms with Crippen molar-refractivity contribution >= 4 is 58.6 Å². The number of aliphatic hydroxyl groups is 1. The summed E-state index contributed by atoms with van der Waals surface area (Å²) < 4.78 is 0. The first-order chi connectivity index (χ1) is 34.9. The van der Waals surface area contributed by atoms with Gasteiger partial charge in [0.1, 0.15) is 11.5 Å². The van der Waals surface area contributed by atoms with E-state index in [1.807, 2.05) is 27.7 Å². The summed E-state index contributed by atoms with van der Waals surface area (Å²) in [5.74, 6) is -9.64. The van der Waals surface area contributed by atoms with E-state index in [9.17, 15) is 53.4 Å². The number of guanidine groups is 1. The van der Waals surface area contributed by atoms with Crippen LogP contribution in [0.2, 0.25) is 0 Å². The summed E-state index contributed by atoms with van der Waals surface area (Å²) in [6.45, 7) is 9.44. The summed E-state index contributed by atoms with van der Waals surface area (Å²) in [5, 5.41) is 28.2. The van der Waals surface area contributed by atoms with Gasteiger partial charge in [0.05, 0.1) is 30.7 Å². The summed E-state index contributed by atoms with van der Waals surface area (Å²) >= 11 is 0. The number of unbranched alkanes of at least 4 members (excludes halogenated alkanes) is 3. The Labute approximate surface area is 437 Å². The van der Waals surface area contributed by atoms with Gasteiger partial charge in [-0.15, -0.1) is 0 Å². The molecule has 21 heteroatoms. The van der Waals surface area contributed by atoms with E-state index in [1.54, 1.807) is 19.1 Å². The van der Waals surface area contributed by atoms with Crippen LogP contribution >= 0.6 is 0 Å². The third kappa shape index (κ3) is 27.5. The molecule has 0 unspecified atom stereocenters. The number of ketones is 4. The number of aromatic hydroxyl groups is 1. The van der Waals surface area contributed by atoms with Gasteiger partial charge in [-0.25, -0.2) is 0 Å². The fourth-order valence-electron chi connectivity index (χ4n) is 8.66. The minimum Gasteiger partial charge on any atom is -0.508 e. The van der Waals surface area contributed by atoms with Gasteiger partial charge in [0.25, 0.3) is 0 Å². The van der Waals surface area contributed by atoms with Crippen molar-refractivity contribution in [2.75, 3.05) is 26.2 Å². The van der Waals surface area contributed by atoms with Crippen molar-refractivity contribution in [3.63, 3.8) is 0 Å². The van der Waals surface area contributed by atoms with Crippen LogP contribution in [0.1, 0.15) is 149 Å². The topological polar surface area (TPSA) is 399 Å². The Hall–Kier alpha value is -5.80. The van der Waals surface area contributed by atoms with Crippen LogP contribution in [0.5, 0.6) is 5.75 Å². The molecule has 8 atom stereocenters. The molecule has 17 N–H and O–H groups in total. The first-order valence-corrected chi connectivity index (χ1v) is 26.4. The molecule has 0 bridgehead atoms. The Morgan fingerprint density at radius 1 is 0.541 bits per heavy atom. The van der Waals surface area contributed by atoms with E-state index in [-0.39, 0.29) is 113 Å². The standard InChI is InChI=1S/C53H90N10O11/c1-32(2)24-37(51(73)61-41(13-7-10-22-55)46(68)30-39(31-64)49(57)71)29-47(69)43(25-33(3)4)63-50(72)36(12-6-9-21-54)27-45(67)42(14-8-11-23-60-53(58)59)62-52(74)38(26-35-16-18-40(65)19-17-35)28-44(66)34(5)15-20-48(56)70/h16-19,32-34,36-39,41-43,64-65H,6-15,20-31,54-55H2,1-5H3,(H2,56,70)(H2,57,71)(H,61,73)(H,62,74)(H,63,72)(H4,58,59,60)/t34-,36+,37+,38+,39-,41-,42-,43-/m0/s1. The number of benzene rings is 1. The maximum atomic E-state index is 14.5. The lowest BCUT2D eigenvalue weighted by Gasteiger charge is -2.27. The lowest BCUT2D eigenvalue weighted by atomic mass is 9.86. The van der Waals surface area contributed by atoms with E-state index < -0.39 is 101 Å². The highest BCUT2D eigenvalue weighted by atomic mass is 16.3. The molecule has 0 aliphatic carbocycles. The number of aliphatic hydroxyl groups excluding tert-OH is 1. The molecule has 0 fully saturated rings. The fourth-order valence-corrected chi connectivity index (χ4v) is 8.66. The maximum absolute atomic E-state index is 14.5. The molecular weight excluding hydrogens is 953 g/mol. The number of carbonyl (C=O) groups is 9. The number of nitrogens with two attached hydrogens (primary N) is 6. The van der Waals surface area contributed by atoms with Gasteiger partial charge < -0.3 is 60.6 Å². The Kier molecular flexibility index (Phi) is 32.4. The van der Waals surface area contributed by atoms with Gasteiger partial charge in [0.2, 0.25) is 29.5 Å². The van der Waals surface area contributed by atoms with Crippen LogP contribution in [0.4, 0.5) is 0 Å². The minimum atomic E-state index is -1.14. The Morgan fingerprint density at radius 2 is 1.00 bits per heavy atom. The maximum Gasteiger partial charge on any atom is 0.224 e. The van der Waals surface area contributed by atoms with E-state index in [0.29, 0.717) is 57.2 Å². The number of Topliss-reactive ketones (excluding diaryl/α,β-unsaturated/α-hetero) is 4. The lowest BCUT2D eigenvalue weighted by Crippen LogP contribution is -2.49. The molecule has 0 saturated carbocycles. The SMILES string of the molecule is CC(C)C[C@H](CC(=O)[C@H](CC(C)C)NC(=O)[C@H](CCCCN)CC(=O)[C@H](CCCCN=C(N)N)NC(=O)[C@@H](CC(=O)[C@@H](C)CCC(N)=O)Cc1ccc(O)cc1)C(=O)N[C@@H](CCCCN)C(=O)C[C@@H](CO)C(N)=O. The Bertz CT molecular complexity index is 1980. The van der Waals surface area contributed by atoms with Gasteiger partial charge in [0, 0.05) is 62.3 Å².